The number of halogens is 1. The topological polar surface area (TPSA) is 24.9 Å². The Balaban J connectivity index is 2.82. The van der Waals surface area contributed by atoms with Crippen molar-refractivity contribution in [3.63, 3.8) is 0 Å². The molecule has 1 heterocycles. The smallest absolute Gasteiger partial charge is 0.214 e. The molecule has 0 aliphatic carbocycles. The van der Waals surface area contributed by atoms with Crippen molar-refractivity contribution in [1.29, 1.82) is 0 Å². The van der Waals surface area contributed by atoms with Gasteiger partial charge in [-0.05, 0) is 26.0 Å². The van der Waals surface area contributed by atoms with Crippen molar-refractivity contribution >= 4 is 5.82 Å². The van der Waals surface area contributed by atoms with Crippen LogP contribution in [0.2, 0.25) is 0 Å². The molecule has 0 fully saturated rings. The summed E-state index contributed by atoms with van der Waals surface area (Å²) in [7, 11) is 0. The van der Waals surface area contributed by atoms with Gasteiger partial charge >= 0.3 is 0 Å². The predicted octanol–water partition coefficient (Wildman–Crippen LogP) is 2.04. The second-order valence-corrected chi connectivity index (χ2v) is 3.24. The van der Waals surface area contributed by atoms with Gasteiger partial charge in [0.1, 0.15) is 5.82 Å². The monoisotopic (exact) mass is 178 g/mol. The van der Waals surface area contributed by atoms with Gasteiger partial charge in [-0.3, -0.25) is 0 Å². The number of hydrogen-bond donors (Lipinski definition) is 1. The number of nitrogens with zero attached hydrogens (tertiary/aromatic N) is 1. The summed E-state index contributed by atoms with van der Waals surface area (Å²) >= 11 is 0. The maximum atomic E-state index is 12.6. The fourth-order valence-corrected chi connectivity index (χ4v) is 0.834. The normalized spacial score (nSPS) is 10.6. The van der Waals surface area contributed by atoms with E-state index in [-0.39, 0.29) is 0 Å². The Morgan fingerprint density at radius 3 is 2.77 bits per heavy atom. The molecule has 0 saturated heterocycles. The van der Waals surface area contributed by atoms with E-state index < -0.39 is 11.5 Å². The average Bonchev–Trinajstić information content (AvgIpc) is 2.03. The third-order valence-electron chi connectivity index (χ3n) is 1.52. The molecule has 0 atom stereocenters. The Morgan fingerprint density at radius 2 is 2.23 bits per heavy atom. The summed E-state index contributed by atoms with van der Waals surface area (Å²) in [6, 6.07) is 4.54. The molecule has 1 N–H and O–H groups in total. The zero-order chi connectivity index (χ0) is 9.90. The minimum atomic E-state index is -0.516. The Bertz CT molecular complexity index is 339. The Morgan fingerprint density at radius 1 is 1.54 bits per heavy atom. The van der Waals surface area contributed by atoms with Crippen LogP contribution in [-0.2, 0) is 0 Å². The molecule has 0 bridgehead atoms. The minimum absolute atomic E-state index is 0.447. The number of pyridine rings is 1. The van der Waals surface area contributed by atoms with Gasteiger partial charge in [-0.25, -0.2) is 4.98 Å². The first kappa shape index (κ1) is 9.53. The molecular formula is C10H11FN2. The number of terminal acetylenes is 1. The summed E-state index contributed by atoms with van der Waals surface area (Å²) in [5.74, 6) is 2.47. The van der Waals surface area contributed by atoms with Crippen LogP contribution in [-0.4, -0.2) is 10.5 Å². The van der Waals surface area contributed by atoms with Gasteiger partial charge in [0, 0.05) is 0 Å². The molecule has 0 radical (unpaired) electrons. The van der Waals surface area contributed by atoms with E-state index in [1.165, 1.54) is 6.07 Å². The molecule has 0 amide bonds. The van der Waals surface area contributed by atoms with Crippen molar-refractivity contribution in [3.05, 3.63) is 24.1 Å². The van der Waals surface area contributed by atoms with Gasteiger partial charge in [-0.1, -0.05) is 12.0 Å². The molecule has 1 aromatic rings. The van der Waals surface area contributed by atoms with E-state index in [0.29, 0.717) is 5.82 Å². The quantitative estimate of drug-likeness (QED) is 0.553. The first-order valence-electron chi connectivity index (χ1n) is 3.92. The van der Waals surface area contributed by atoms with Crippen LogP contribution in [0, 0.1) is 18.3 Å². The van der Waals surface area contributed by atoms with Gasteiger partial charge < -0.3 is 5.32 Å². The van der Waals surface area contributed by atoms with Crippen molar-refractivity contribution < 1.29 is 4.39 Å². The van der Waals surface area contributed by atoms with Gasteiger partial charge in [0.2, 0.25) is 5.95 Å². The number of rotatable bonds is 2. The SMILES string of the molecule is C#CC(C)(C)Nc1cccc(F)n1. The molecule has 13 heavy (non-hydrogen) atoms. The number of aromatic nitrogens is 1. The largest absolute Gasteiger partial charge is 0.354 e. The zero-order valence-corrected chi connectivity index (χ0v) is 7.63. The van der Waals surface area contributed by atoms with E-state index >= 15 is 0 Å². The lowest BCUT2D eigenvalue weighted by Crippen LogP contribution is -2.28. The number of nitrogens with one attached hydrogen (secondary N) is 1. The van der Waals surface area contributed by atoms with Crippen molar-refractivity contribution in [2.24, 2.45) is 0 Å². The Kier molecular flexibility index (Phi) is 2.52. The van der Waals surface area contributed by atoms with Gasteiger partial charge in [0.05, 0.1) is 5.54 Å². The van der Waals surface area contributed by atoms with Crippen LogP contribution in [0.3, 0.4) is 0 Å². The maximum Gasteiger partial charge on any atom is 0.214 e. The highest BCUT2D eigenvalue weighted by Gasteiger charge is 2.13. The molecule has 0 spiro atoms. The van der Waals surface area contributed by atoms with Gasteiger partial charge in [-0.15, -0.1) is 6.42 Å². The lowest BCUT2D eigenvalue weighted by atomic mass is 10.1. The maximum absolute atomic E-state index is 12.6. The van der Waals surface area contributed by atoms with Crippen LogP contribution in [0.5, 0.6) is 0 Å². The lowest BCUT2D eigenvalue weighted by molar-refractivity contribution is 0.583. The summed E-state index contributed by atoms with van der Waals surface area (Å²) in [5, 5.41) is 2.92. The van der Waals surface area contributed by atoms with Crippen molar-refractivity contribution in [3.8, 4) is 12.3 Å². The van der Waals surface area contributed by atoms with Crippen LogP contribution < -0.4 is 5.32 Å². The molecule has 0 aromatic carbocycles. The fourth-order valence-electron chi connectivity index (χ4n) is 0.834. The zero-order valence-electron chi connectivity index (χ0n) is 7.63. The molecule has 3 heteroatoms. The van der Waals surface area contributed by atoms with Crippen molar-refractivity contribution in [2.45, 2.75) is 19.4 Å². The molecule has 1 rings (SSSR count). The third kappa shape index (κ3) is 2.75. The summed E-state index contributed by atoms with van der Waals surface area (Å²) < 4.78 is 12.6. The highest BCUT2D eigenvalue weighted by atomic mass is 19.1. The fraction of sp³-hybridized carbons (Fsp3) is 0.300. The number of hydrogen-bond acceptors (Lipinski definition) is 2. The number of anilines is 1. The standard InChI is InChI=1S/C10H11FN2/c1-4-10(2,3)13-9-7-5-6-8(11)12-9/h1,5-7H,2-3H3,(H,12,13). The van der Waals surface area contributed by atoms with E-state index in [4.69, 9.17) is 6.42 Å². The van der Waals surface area contributed by atoms with Crippen LogP contribution >= 0.6 is 0 Å². The van der Waals surface area contributed by atoms with Crippen LogP contribution in [0.15, 0.2) is 18.2 Å². The first-order chi connectivity index (χ1) is 6.03. The van der Waals surface area contributed by atoms with E-state index in [0.717, 1.165) is 0 Å². The molecule has 0 unspecified atom stereocenters. The third-order valence-corrected chi connectivity index (χ3v) is 1.52. The highest BCUT2D eigenvalue weighted by Crippen LogP contribution is 2.11. The van der Waals surface area contributed by atoms with Crippen LogP contribution in [0.1, 0.15) is 13.8 Å². The molecular weight excluding hydrogens is 167 g/mol. The van der Waals surface area contributed by atoms with Gasteiger partial charge in [0.15, 0.2) is 0 Å². The second kappa shape index (κ2) is 3.44. The summed E-state index contributed by atoms with van der Waals surface area (Å²) in [5.41, 5.74) is -0.513. The van der Waals surface area contributed by atoms with Crippen molar-refractivity contribution in [2.75, 3.05) is 5.32 Å². The second-order valence-electron chi connectivity index (χ2n) is 3.24. The molecule has 0 saturated carbocycles. The predicted molar refractivity (Wildman–Crippen MR) is 50.7 cm³/mol. The molecule has 2 nitrogen and oxygen atoms in total. The van der Waals surface area contributed by atoms with Gasteiger partial charge in [-0.2, -0.15) is 4.39 Å². The summed E-state index contributed by atoms with van der Waals surface area (Å²) in [6.07, 6.45) is 5.26. The van der Waals surface area contributed by atoms with E-state index in [9.17, 15) is 4.39 Å². The van der Waals surface area contributed by atoms with E-state index in [1.54, 1.807) is 12.1 Å². The lowest BCUT2D eigenvalue weighted by Gasteiger charge is -2.19. The molecule has 68 valence electrons. The average molecular weight is 178 g/mol. The molecule has 0 aliphatic heterocycles. The van der Waals surface area contributed by atoms with Crippen LogP contribution in [0.4, 0.5) is 10.2 Å². The van der Waals surface area contributed by atoms with Crippen molar-refractivity contribution in [1.82, 2.24) is 4.98 Å². The Labute approximate surface area is 77.2 Å². The van der Waals surface area contributed by atoms with E-state index in [2.05, 4.69) is 16.2 Å². The van der Waals surface area contributed by atoms with Gasteiger partial charge in [0.25, 0.3) is 0 Å². The summed E-state index contributed by atoms with van der Waals surface area (Å²) in [6.45, 7) is 3.64. The first-order valence-corrected chi connectivity index (χ1v) is 3.92. The Hall–Kier alpha value is -1.56. The van der Waals surface area contributed by atoms with Crippen LogP contribution in [0.25, 0.3) is 0 Å². The van der Waals surface area contributed by atoms with E-state index in [1.807, 2.05) is 13.8 Å². The summed E-state index contributed by atoms with van der Waals surface area (Å²) in [4.78, 5) is 3.63. The highest BCUT2D eigenvalue weighted by molar-refractivity contribution is 5.40. The molecule has 0 aliphatic rings. The minimum Gasteiger partial charge on any atom is -0.354 e. The molecule has 1 aromatic heterocycles.